The molecule has 0 aliphatic rings. The quantitative estimate of drug-likeness (QED) is 0.0169. The summed E-state index contributed by atoms with van der Waals surface area (Å²) in [6.07, 6.45) is 84.5. The molecular formula is C85H146O17P2. The minimum absolute atomic E-state index is 0.0784. The van der Waals surface area contributed by atoms with Crippen LogP contribution in [0.5, 0.6) is 0 Å². The van der Waals surface area contributed by atoms with Gasteiger partial charge in [-0.05, 0) is 128 Å². The molecule has 0 aromatic heterocycles. The molecule has 3 N–H and O–H groups in total. The minimum atomic E-state index is -4.99. The van der Waals surface area contributed by atoms with Crippen molar-refractivity contribution in [3.05, 3.63) is 122 Å². The first-order chi connectivity index (χ1) is 50.7. The molecule has 0 heterocycles. The highest BCUT2D eigenvalue weighted by molar-refractivity contribution is 7.47. The van der Waals surface area contributed by atoms with Crippen molar-refractivity contribution in [2.45, 2.75) is 354 Å². The molecule has 0 amide bonds. The van der Waals surface area contributed by atoms with E-state index < -0.39 is 97.5 Å². The average Bonchev–Trinajstić information content (AvgIpc) is 0.911. The Morgan fingerprint density at radius 1 is 0.279 bits per heavy atom. The summed E-state index contributed by atoms with van der Waals surface area (Å²) >= 11 is 0. The monoisotopic (exact) mass is 1500 g/mol. The van der Waals surface area contributed by atoms with Crippen molar-refractivity contribution in [2.75, 3.05) is 39.6 Å². The van der Waals surface area contributed by atoms with Crippen LogP contribution in [0.15, 0.2) is 122 Å². The molecule has 0 aliphatic heterocycles. The Bertz CT molecular complexity index is 2440. The SMILES string of the molecule is CC/C=C\C/C=C\C/C=C\C/C=C\CCCCCCCCC(=O)OCC(COP(=O)(O)OCC(O)COP(=O)(O)OCC(COC(=O)CCCCCCC/C=C\C/C=C\C/C=C\CC)OC(=O)CCCCCCCCCCCCCCC)OC(=O)CCCCCCCCC/C=C\C/C=C\C/C=C\CC. The number of carbonyl (C=O) groups is 4. The number of rotatable bonds is 76. The van der Waals surface area contributed by atoms with Crippen molar-refractivity contribution in [1.82, 2.24) is 0 Å². The van der Waals surface area contributed by atoms with E-state index in [0.29, 0.717) is 25.7 Å². The Balaban J connectivity index is 5.37. The Morgan fingerprint density at radius 2 is 0.500 bits per heavy atom. The van der Waals surface area contributed by atoms with Crippen LogP contribution < -0.4 is 0 Å². The van der Waals surface area contributed by atoms with E-state index >= 15 is 0 Å². The highest BCUT2D eigenvalue weighted by Gasteiger charge is 2.30. The third-order valence-corrected chi connectivity index (χ3v) is 18.8. The van der Waals surface area contributed by atoms with E-state index in [4.69, 9.17) is 37.0 Å². The lowest BCUT2D eigenvalue weighted by Crippen LogP contribution is -2.30. The molecule has 0 saturated heterocycles. The Hall–Kier alpha value is -4.54. The van der Waals surface area contributed by atoms with E-state index in [9.17, 15) is 43.2 Å². The number of hydrogen-bond acceptors (Lipinski definition) is 15. The van der Waals surface area contributed by atoms with E-state index in [2.05, 4.69) is 149 Å². The maximum absolute atomic E-state index is 13.1. The number of allylic oxidation sites excluding steroid dienone is 20. The maximum atomic E-state index is 13.1. The molecule has 104 heavy (non-hydrogen) atoms. The van der Waals surface area contributed by atoms with Gasteiger partial charge in [-0.1, -0.05) is 303 Å². The molecule has 0 aromatic rings. The van der Waals surface area contributed by atoms with Crippen LogP contribution in [-0.2, 0) is 65.4 Å². The van der Waals surface area contributed by atoms with Gasteiger partial charge >= 0.3 is 39.5 Å². The zero-order valence-electron chi connectivity index (χ0n) is 65.4. The number of ether oxygens (including phenoxy) is 4. The number of hydrogen-bond donors (Lipinski definition) is 3. The van der Waals surface area contributed by atoms with Crippen LogP contribution in [-0.4, -0.2) is 96.7 Å². The maximum Gasteiger partial charge on any atom is 0.472 e. The van der Waals surface area contributed by atoms with Gasteiger partial charge < -0.3 is 33.8 Å². The number of phosphoric acid groups is 2. The van der Waals surface area contributed by atoms with Crippen LogP contribution in [0.25, 0.3) is 0 Å². The minimum Gasteiger partial charge on any atom is -0.462 e. The van der Waals surface area contributed by atoms with Crippen molar-refractivity contribution in [1.29, 1.82) is 0 Å². The predicted octanol–water partition coefficient (Wildman–Crippen LogP) is 23.9. The zero-order chi connectivity index (χ0) is 76.0. The van der Waals surface area contributed by atoms with Gasteiger partial charge in [-0.3, -0.25) is 37.3 Å². The fourth-order valence-electron chi connectivity index (χ4n) is 10.8. The first-order valence-electron chi connectivity index (χ1n) is 40.8. The van der Waals surface area contributed by atoms with Gasteiger partial charge in [-0.2, -0.15) is 0 Å². The highest BCUT2D eigenvalue weighted by Crippen LogP contribution is 2.45. The second-order valence-electron chi connectivity index (χ2n) is 26.9. The van der Waals surface area contributed by atoms with Crippen LogP contribution in [0.4, 0.5) is 0 Å². The first kappa shape index (κ1) is 99.5. The van der Waals surface area contributed by atoms with E-state index in [1.54, 1.807) is 0 Å². The molecule has 0 saturated carbocycles. The standard InChI is InChI=1S/C85H146O17P2/c1-5-9-13-17-21-25-29-33-36-38-39-41-43-47-50-54-58-62-66-70-83(88)96-76-81(102-85(90)72-68-64-60-56-52-48-44-40-37-34-30-26-22-18-14-10-6-2)78-100-104(93,94)98-74-79(86)73-97-103(91,92)99-77-80(101-84(89)71-67-63-59-55-51-45-32-28-24-20-16-12-8-4)75-95-82(87)69-65-61-57-53-49-46-42-35-31-27-23-19-15-11-7-3/h9-11,13-15,21-23,25-27,33-37,39,41-42,79-81,86H,5-8,12,16-20,24,28-32,38,40,43-78H2,1-4H3,(H,91,92)(H,93,94)/b13-9-,14-10-,15-11-,25-21-,26-22-,27-23-,36-33-,37-34-,41-39-,42-35-. The summed E-state index contributed by atoms with van der Waals surface area (Å²) in [5, 5.41) is 10.7. The van der Waals surface area contributed by atoms with Gasteiger partial charge in [0, 0.05) is 25.7 Å². The summed E-state index contributed by atoms with van der Waals surface area (Å²) < 4.78 is 68.7. The molecular weight excluding hydrogens is 1350 g/mol. The van der Waals surface area contributed by atoms with Crippen molar-refractivity contribution in [3.8, 4) is 0 Å². The number of phosphoric ester groups is 2. The summed E-state index contributed by atoms with van der Waals surface area (Å²) in [6.45, 7) is 4.53. The second kappa shape index (κ2) is 76.6. The van der Waals surface area contributed by atoms with Crippen molar-refractivity contribution >= 4 is 39.5 Å². The van der Waals surface area contributed by atoms with Crippen LogP contribution in [0.3, 0.4) is 0 Å². The Kier molecular flexibility index (Phi) is 73.3. The molecule has 5 unspecified atom stereocenters. The van der Waals surface area contributed by atoms with Gasteiger partial charge in [0.2, 0.25) is 0 Å². The molecule has 5 atom stereocenters. The molecule has 19 heteroatoms. The molecule has 17 nitrogen and oxygen atoms in total. The fourth-order valence-corrected chi connectivity index (χ4v) is 12.4. The highest BCUT2D eigenvalue weighted by atomic mass is 31.2. The second-order valence-corrected chi connectivity index (χ2v) is 29.8. The van der Waals surface area contributed by atoms with E-state index in [0.717, 1.165) is 205 Å². The summed E-state index contributed by atoms with van der Waals surface area (Å²) in [4.78, 5) is 73.1. The van der Waals surface area contributed by atoms with E-state index in [-0.39, 0.29) is 25.7 Å². The van der Waals surface area contributed by atoms with Crippen LogP contribution in [0.1, 0.15) is 336 Å². The van der Waals surface area contributed by atoms with Crippen LogP contribution >= 0.6 is 15.6 Å². The number of unbranched alkanes of at least 4 members (excludes halogenated alkanes) is 30. The third kappa shape index (κ3) is 75.7. The van der Waals surface area contributed by atoms with Crippen molar-refractivity contribution < 1.29 is 80.2 Å². The van der Waals surface area contributed by atoms with Gasteiger partial charge in [-0.25, -0.2) is 9.13 Å². The van der Waals surface area contributed by atoms with Gasteiger partial charge in [0.1, 0.15) is 19.3 Å². The van der Waals surface area contributed by atoms with Crippen molar-refractivity contribution in [3.63, 3.8) is 0 Å². The molecule has 0 aliphatic carbocycles. The predicted molar refractivity (Wildman–Crippen MR) is 427 cm³/mol. The Labute approximate surface area is 632 Å². The Morgan fingerprint density at radius 3 is 0.769 bits per heavy atom. The lowest BCUT2D eigenvalue weighted by molar-refractivity contribution is -0.161. The lowest BCUT2D eigenvalue weighted by Gasteiger charge is -2.21. The van der Waals surface area contributed by atoms with Gasteiger partial charge in [0.25, 0.3) is 0 Å². The summed E-state index contributed by atoms with van der Waals surface area (Å²) in [6, 6.07) is 0. The normalized spacial score (nSPS) is 14.5. The molecule has 598 valence electrons. The molecule has 0 fully saturated rings. The fraction of sp³-hybridized carbons (Fsp3) is 0.718. The molecule has 0 spiro atoms. The summed E-state index contributed by atoms with van der Waals surface area (Å²) in [5.41, 5.74) is 0. The van der Waals surface area contributed by atoms with Gasteiger partial charge in [0.05, 0.1) is 26.4 Å². The van der Waals surface area contributed by atoms with Crippen molar-refractivity contribution in [2.24, 2.45) is 0 Å². The largest absolute Gasteiger partial charge is 0.472 e. The third-order valence-electron chi connectivity index (χ3n) is 16.9. The topological polar surface area (TPSA) is 237 Å². The first-order valence-corrected chi connectivity index (χ1v) is 43.8. The van der Waals surface area contributed by atoms with E-state index in [1.165, 1.54) is 51.4 Å². The molecule has 0 radical (unpaired) electrons. The van der Waals surface area contributed by atoms with Crippen LogP contribution in [0, 0.1) is 0 Å². The lowest BCUT2D eigenvalue weighted by atomic mass is 10.0. The van der Waals surface area contributed by atoms with Gasteiger partial charge in [-0.15, -0.1) is 0 Å². The number of esters is 4. The number of carbonyl (C=O) groups excluding carboxylic acids is 4. The summed E-state index contributed by atoms with van der Waals surface area (Å²) in [7, 11) is -9.97. The van der Waals surface area contributed by atoms with Gasteiger partial charge in [0.15, 0.2) is 12.2 Å². The average molecular weight is 1500 g/mol. The number of aliphatic hydroxyl groups is 1. The zero-order valence-corrected chi connectivity index (χ0v) is 67.2. The smallest absolute Gasteiger partial charge is 0.462 e. The molecule has 0 rings (SSSR count). The molecule has 0 bridgehead atoms. The number of aliphatic hydroxyl groups excluding tert-OH is 1. The van der Waals surface area contributed by atoms with E-state index in [1.807, 2.05) is 0 Å². The molecule has 0 aromatic carbocycles. The summed E-state index contributed by atoms with van der Waals surface area (Å²) in [5.74, 6) is -2.20. The van der Waals surface area contributed by atoms with Crippen LogP contribution in [0.2, 0.25) is 0 Å².